The van der Waals surface area contributed by atoms with Gasteiger partial charge in [-0.25, -0.2) is 13.6 Å². The van der Waals surface area contributed by atoms with Gasteiger partial charge in [0.15, 0.2) is 0 Å². The topological polar surface area (TPSA) is 73.8 Å². The Morgan fingerprint density at radius 2 is 1.97 bits per heavy atom. The molecule has 1 saturated carbocycles. The van der Waals surface area contributed by atoms with Crippen molar-refractivity contribution in [3.8, 4) is 0 Å². The molecule has 0 aromatic heterocycles. The molecular weight excluding hydrogens is 464 g/mol. The summed E-state index contributed by atoms with van der Waals surface area (Å²) in [5.41, 5.74) is -1.04. The van der Waals surface area contributed by atoms with Gasteiger partial charge < -0.3 is 25.4 Å². The summed E-state index contributed by atoms with van der Waals surface area (Å²) in [6.45, 7) is 2.22. The first-order valence-corrected chi connectivity index (χ1v) is 13.7. The number of ether oxygens (including phenoxy) is 1. The maximum atomic E-state index is 14.9. The van der Waals surface area contributed by atoms with Crippen molar-refractivity contribution < 1.29 is 23.4 Å². The Kier molecular flexibility index (Phi) is 11.4. The van der Waals surface area contributed by atoms with E-state index in [-0.39, 0.29) is 18.0 Å². The number of nitrogens with zero attached hydrogens (tertiary/aromatic N) is 1. The summed E-state index contributed by atoms with van der Waals surface area (Å²) in [4.78, 5) is 15.1. The van der Waals surface area contributed by atoms with E-state index in [4.69, 9.17) is 4.74 Å². The molecule has 6 nitrogen and oxygen atoms in total. The van der Waals surface area contributed by atoms with Crippen LogP contribution in [-0.4, -0.2) is 68.6 Å². The van der Waals surface area contributed by atoms with Gasteiger partial charge in [0, 0.05) is 50.9 Å². The van der Waals surface area contributed by atoms with Crippen LogP contribution in [0.1, 0.15) is 69.8 Å². The predicted molar refractivity (Wildman–Crippen MR) is 138 cm³/mol. The van der Waals surface area contributed by atoms with Gasteiger partial charge >= 0.3 is 6.03 Å². The normalized spacial score (nSPS) is 25.2. The predicted octanol–water partition coefficient (Wildman–Crippen LogP) is 4.76. The third kappa shape index (κ3) is 7.86. The smallest absolute Gasteiger partial charge is 0.317 e. The van der Waals surface area contributed by atoms with E-state index in [1.165, 1.54) is 6.07 Å². The number of nitrogens with one attached hydrogen (secondary N) is 2. The van der Waals surface area contributed by atoms with Crippen LogP contribution in [0.15, 0.2) is 24.3 Å². The van der Waals surface area contributed by atoms with Gasteiger partial charge in [0.05, 0.1) is 5.60 Å². The van der Waals surface area contributed by atoms with Gasteiger partial charge in [0.25, 0.3) is 0 Å². The molecule has 0 bridgehead atoms. The molecule has 1 heterocycles. The van der Waals surface area contributed by atoms with E-state index in [0.717, 1.165) is 38.5 Å². The minimum Gasteiger partial charge on any atom is -0.385 e. The standard InChI is InChI=1S/C28H45F2N3O3/c1-31-19-24(18-21-11-13-23(29)14-12-21)32-27(34)33-16-7-8-22(20-33)28(35,15-5-6-17-36-2)25-9-3-4-10-26(25)30/h3-4,9-10,21-24,31,35H,5-8,11-20H2,1-2H3,(H,32,34)/t21-,22-,23-,24+,28-/m1/s1. The van der Waals surface area contributed by atoms with Crippen LogP contribution < -0.4 is 10.6 Å². The highest BCUT2D eigenvalue weighted by molar-refractivity contribution is 5.74. The molecule has 3 rings (SSSR count). The molecule has 2 fully saturated rings. The number of unbranched alkanes of at least 4 members (excludes halogenated alkanes) is 1. The molecule has 8 heteroatoms. The summed E-state index contributed by atoms with van der Waals surface area (Å²) in [6.07, 6.45) is 6.46. The second-order valence-electron chi connectivity index (χ2n) is 10.7. The summed E-state index contributed by atoms with van der Waals surface area (Å²) in [5.74, 6) is -0.257. The van der Waals surface area contributed by atoms with Crippen LogP contribution in [0.4, 0.5) is 13.6 Å². The first-order chi connectivity index (χ1) is 17.4. The molecule has 2 aliphatic rings. The number of aliphatic hydroxyl groups is 1. The quantitative estimate of drug-likeness (QED) is 0.355. The third-order valence-corrected chi connectivity index (χ3v) is 8.05. The second-order valence-corrected chi connectivity index (χ2v) is 10.7. The molecule has 1 aromatic rings. The number of rotatable bonds is 12. The van der Waals surface area contributed by atoms with Crippen LogP contribution in [0.2, 0.25) is 0 Å². The Morgan fingerprint density at radius 1 is 1.22 bits per heavy atom. The number of alkyl halides is 1. The number of carbonyl (C=O) groups is 1. The number of hydrogen-bond donors (Lipinski definition) is 3. The first-order valence-electron chi connectivity index (χ1n) is 13.7. The number of benzene rings is 1. The van der Waals surface area contributed by atoms with Crippen molar-refractivity contribution in [3.05, 3.63) is 35.6 Å². The SMILES string of the molecule is CNC[C@H](C[C@H]1CC[C@H](F)CC1)NC(=O)N1CCC[C@@H]([C@](O)(CCCCOC)c2ccccc2F)C1. The Labute approximate surface area is 215 Å². The molecule has 3 N–H and O–H groups in total. The molecule has 1 aromatic carbocycles. The Bertz CT molecular complexity index is 806. The van der Waals surface area contributed by atoms with E-state index in [1.807, 2.05) is 7.05 Å². The van der Waals surface area contributed by atoms with E-state index in [2.05, 4.69) is 10.6 Å². The zero-order valence-corrected chi connectivity index (χ0v) is 22.0. The van der Waals surface area contributed by atoms with Crippen molar-refractivity contribution in [2.75, 3.05) is 40.4 Å². The molecule has 3 atom stereocenters. The average molecular weight is 510 g/mol. The van der Waals surface area contributed by atoms with E-state index >= 15 is 0 Å². The van der Waals surface area contributed by atoms with Crippen molar-refractivity contribution in [2.45, 2.75) is 82.0 Å². The maximum Gasteiger partial charge on any atom is 0.317 e. The number of likely N-dealkylation sites (tertiary alicyclic amines) is 1. The van der Waals surface area contributed by atoms with Crippen molar-refractivity contribution in [3.63, 3.8) is 0 Å². The number of piperidine rings is 1. The highest BCUT2D eigenvalue weighted by Gasteiger charge is 2.42. The third-order valence-electron chi connectivity index (χ3n) is 8.05. The fourth-order valence-corrected chi connectivity index (χ4v) is 6.03. The van der Waals surface area contributed by atoms with E-state index in [0.29, 0.717) is 63.4 Å². The minimum absolute atomic E-state index is 0.0384. The Balaban J connectivity index is 1.67. The molecule has 0 spiro atoms. The molecular formula is C28H45F2N3O3. The molecule has 2 amide bonds. The van der Waals surface area contributed by atoms with Gasteiger partial charge in [-0.15, -0.1) is 0 Å². The van der Waals surface area contributed by atoms with Crippen LogP contribution in [0.5, 0.6) is 0 Å². The fraction of sp³-hybridized carbons (Fsp3) is 0.750. The number of methoxy groups -OCH3 is 1. The van der Waals surface area contributed by atoms with E-state index in [9.17, 15) is 18.7 Å². The fourth-order valence-electron chi connectivity index (χ4n) is 6.03. The molecule has 1 aliphatic carbocycles. The van der Waals surface area contributed by atoms with Gasteiger partial charge in [-0.2, -0.15) is 0 Å². The zero-order valence-electron chi connectivity index (χ0n) is 22.0. The van der Waals surface area contributed by atoms with Crippen LogP contribution in [0.25, 0.3) is 0 Å². The summed E-state index contributed by atoms with van der Waals surface area (Å²) < 4.78 is 33.6. The lowest BCUT2D eigenvalue weighted by Crippen LogP contribution is -2.54. The Hall–Kier alpha value is -1.77. The van der Waals surface area contributed by atoms with Crippen molar-refractivity contribution in [1.82, 2.24) is 15.5 Å². The lowest BCUT2D eigenvalue weighted by molar-refractivity contribution is -0.0587. The van der Waals surface area contributed by atoms with Gasteiger partial charge in [-0.1, -0.05) is 18.2 Å². The average Bonchev–Trinajstić information content (AvgIpc) is 2.88. The number of urea groups is 1. The largest absolute Gasteiger partial charge is 0.385 e. The van der Waals surface area contributed by atoms with Crippen molar-refractivity contribution >= 4 is 6.03 Å². The number of hydrogen-bond acceptors (Lipinski definition) is 4. The van der Waals surface area contributed by atoms with E-state index in [1.54, 1.807) is 30.2 Å². The van der Waals surface area contributed by atoms with E-state index < -0.39 is 17.6 Å². The summed E-state index contributed by atoms with van der Waals surface area (Å²) in [7, 11) is 3.51. The molecule has 0 unspecified atom stereocenters. The molecule has 1 aliphatic heterocycles. The van der Waals surface area contributed by atoms with Crippen LogP contribution in [0, 0.1) is 17.7 Å². The van der Waals surface area contributed by atoms with Crippen LogP contribution in [0.3, 0.4) is 0 Å². The second kappa shape index (κ2) is 14.2. The number of carbonyl (C=O) groups excluding carboxylic acids is 1. The van der Waals surface area contributed by atoms with Crippen LogP contribution in [-0.2, 0) is 10.3 Å². The van der Waals surface area contributed by atoms with Crippen molar-refractivity contribution in [1.29, 1.82) is 0 Å². The molecule has 1 saturated heterocycles. The molecule has 0 radical (unpaired) electrons. The van der Waals surface area contributed by atoms with Gasteiger partial charge in [0.1, 0.15) is 12.0 Å². The van der Waals surface area contributed by atoms with Gasteiger partial charge in [-0.05, 0) is 83.2 Å². The molecule has 36 heavy (non-hydrogen) atoms. The molecule has 204 valence electrons. The first kappa shape index (κ1) is 28.8. The van der Waals surface area contributed by atoms with Gasteiger partial charge in [0.2, 0.25) is 0 Å². The Morgan fingerprint density at radius 3 is 2.67 bits per heavy atom. The highest BCUT2D eigenvalue weighted by atomic mass is 19.1. The zero-order chi connectivity index (χ0) is 26.0. The number of amides is 2. The van der Waals surface area contributed by atoms with Gasteiger partial charge in [-0.3, -0.25) is 0 Å². The highest BCUT2D eigenvalue weighted by Crippen LogP contribution is 2.41. The maximum absolute atomic E-state index is 14.9. The minimum atomic E-state index is -1.35. The van der Waals surface area contributed by atoms with Crippen molar-refractivity contribution in [2.24, 2.45) is 11.8 Å². The summed E-state index contributed by atoms with van der Waals surface area (Å²) in [5, 5.41) is 18.3. The lowest BCUT2D eigenvalue weighted by Gasteiger charge is -2.43. The van der Waals surface area contributed by atoms with Crippen LogP contribution >= 0.6 is 0 Å². The lowest BCUT2D eigenvalue weighted by atomic mass is 9.74. The number of halogens is 2. The summed E-state index contributed by atoms with van der Waals surface area (Å²) >= 11 is 0. The summed E-state index contributed by atoms with van der Waals surface area (Å²) in [6, 6.07) is 6.26. The monoisotopic (exact) mass is 509 g/mol. The number of likely N-dealkylation sites (N-methyl/N-ethyl adjacent to an activating group) is 1.